The van der Waals surface area contributed by atoms with Crippen LogP contribution in [0, 0.1) is 5.41 Å². The first-order valence-electron chi connectivity index (χ1n) is 11.7. The molecule has 0 aromatic rings. The second kappa shape index (κ2) is 8.47. The van der Waals surface area contributed by atoms with E-state index in [0.29, 0.717) is 35.9 Å². The predicted molar refractivity (Wildman–Crippen MR) is 117 cm³/mol. The van der Waals surface area contributed by atoms with Crippen LogP contribution in [0.3, 0.4) is 0 Å². The molecular formula is C24H44N2O3. The molecule has 0 bridgehead atoms. The third-order valence-corrected chi connectivity index (χ3v) is 6.80. The van der Waals surface area contributed by atoms with Crippen LogP contribution in [0.4, 0.5) is 0 Å². The summed E-state index contributed by atoms with van der Waals surface area (Å²) in [5, 5.41) is 0. The average Bonchev–Trinajstić information content (AvgIpc) is 2.45. The van der Waals surface area contributed by atoms with Crippen molar-refractivity contribution in [3.8, 4) is 0 Å². The lowest BCUT2D eigenvalue weighted by Crippen LogP contribution is -2.68. The lowest BCUT2D eigenvalue weighted by atomic mass is 9.59. The molecule has 0 N–H and O–H groups in total. The van der Waals surface area contributed by atoms with Crippen molar-refractivity contribution in [1.29, 1.82) is 0 Å². The summed E-state index contributed by atoms with van der Waals surface area (Å²) >= 11 is 0. The number of ether oxygens (including phenoxy) is 2. The van der Waals surface area contributed by atoms with Gasteiger partial charge >= 0.3 is 0 Å². The van der Waals surface area contributed by atoms with Crippen molar-refractivity contribution in [3.05, 3.63) is 0 Å². The van der Waals surface area contributed by atoms with Crippen molar-refractivity contribution in [2.45, 2.75) is 116 Å². The summed E-state index contributed by atoms with van der Waals surface area (Å²) < 4.78 is 11.8. The summed E-state index contributed by atoms with van der Waals surface area (Å²) in [5.74, 6) is 0.337. The van der Waals surface area contributed by atoms with Gasteiger partial charge in [0.2, 0.25) is 5.91 Å². The van der Waals surface area contributed by atoms with Crippen molar-refractivity contribution in [1.82, 2.24) is 9.80 Å². The molecule has 0 radical (unpaired) electrons. The fourth-order valence-electron chi connectivity index (χ4n) is 5.11. The Bertz CT molecular complexity index is 558. The first kappa shape index (κ1) is 23.0. The van der Waals surface area contributed by atoms with Gasteiger partial charge in [-0.25, -0.2) is 0 Å². The smallest absolute Gasteiger partial charge is 0.222 e. The van der Waals surface area contributed by atoms with Crippen molar-refractivity contribution in [2.24, 2.45) is 5.41 Å². The van der Waals surface area contributed by atoms with Crippen molar-refractivity contribution in [3.63, 3.8) is 0 Å². The fourth-order valence-corrected chi connectivity index (χ4v) is 5.11. The first-order chi connectivity index (χ1) is 13.4. The molecule has 168 valence electrons. The summed E-state index contributed by atoms with van der Waals surface area (Å²) in [6.45, 7) is 15.4. The fraction of sp³-hybridized carbons (Fsp3) is 0.958. The minimum Gasteiger partial charge on any atom is -0.376 e. The van der Waals surface area contributed by atoms with Gasteiger partial charge in [0.1, 0.15) is 0 Å². The Morgan fingerprint density at radius 2 is 1.62 bits per heavy atom. The quantitative estimate of drug-likeness (QED) is 0.563. The zero-order valence-electron chi connectivity index (χ0n) is 19.9. The number of amides is 1. The van der Waals surface area contributed by atoms with E-state index in [1.165, 1.54) is 25.7 Å². The van der Waals surface area contributed by atoms with E-state index >= 15 is 0 Å². The van der Waals surface area contributed by atoms with Crippen LogP contribution in [0.1, 0.15) is 86.5 Å². The summed E-state index contributed by atoms with van der Waals surface area (Å²) in [7, 11) is 2.29. The molecule has 2 aliphatic carbocycles. The second-order valence-electron chi connectivity index (χ2n) is 11.9. The minimum absolute atomic E-state index is 0.0315. The van der Waals surface area contributed by atoms with Gasteiger partial charge in [0.15, 0.2) is 0 Å². The first-order valence-corrected chi connectivity index (χ1v) is 11.7. The number of likely N-dealkylation sites (tertiary alicyclic amines) is 1. The van der Waals surface area contributed by atoms with Gasteiger partial charge in [-0.3, -0.25) is 4.79 Å². The van der Waals surface area contributed by atoms with Crippen LogP contribution in [-0.2, 0) is 14.3 Å². The van der Waals surface area contributed by atoms with E-state index in [-0.39, 0.29) is 11.2 Å². The number of nitrogens with zero attached hydrogens (tertiary/aromatic N) is 2. The Morgan fingerprint density at radius 3 is 2.17 bits per heavy atom. The van der Waals surface area contributed by atoms with Gasteiger partial charge in [0.05, 0.1) is 17.3 Å². The molecule has 2 saturated carbocycles. The van der Waals surface area contributed by atoms with E-state index in [4.69, 9.17) is 9.47 Å². The number of carbonyl (C=O) groups is 1. The van der Waals surface area contributed by atoms with Crippen LogP contribution in [-0.4, -0.2) is 71.8 Å². The van der Waals surface area contributed by atoms with Crippen LogP contribution in [0.2, 0.25) is 0 Å². The summed E-state index contributed by atoms with van der Waals surface area (Å²) in [5.41, 5.74) is 0.313. The highest BCUT2D eigenvalue weighted by molar-refractivity contribution is 5.77. The third-order valence-electron chi connectivity index (χ3n) is 6.80. The van der Waals surface area contributed by atoms with Crippen LogP contribution in [0.25, 0.3) is 0 Å². The normalized spacial score (nSPS) is 27.0. The Labute approximate surface area is 178 Å². The van der Waals surface area contributed by atoms with Gasteiger partial charge in [-0.15, -0.1) is 0 Å². The highest BCUT2D eigenvalue weighted by Gasteiger charge is 2.55. The lowest BCUT2D eigenvalue weighted by molar-refractivity contribution is -0.166. The zero-order chi connectivity index (χ0) is 21.4. The van der Waals surface area contributed by atoms with E-state index in [2.05, 4.69) is 58.4 Å². The van der Waals surface area contributed by atoms with E-state index < -0.39 is 0 Å². The van der Waals surface area contributed by atoms with Gasteiger partial charge in [0.25, 0.3) is 0 Å². The van der Waals surface area contributed by atoms with E-state index in [1.807, 2.05) is 0 Å². The number of hydrogen-bond donors (Lipinski definition) is 0. The van der Waals surface area contributed by atoms with E-state index in [0.717, 1.165) is 32.5 Å². The molecule has 1 amide bonds. The maximum absolute atomic E-state index is 12.4. The molecule has 5 nitrogen and oxygen atoms in total. The molecule has 3 fully saturated rings. The monoisotopic (exact) mass is 408 g/mol. The number of carbonyl (C=O) groups excluding carboxylic acids is 1. The van der Waals surface area contributed by atoms with Gasteiger partial charge in [-0.1, -0.05) is 0 Å². The molecular weight excluding hydrogens is 364 g/mol. The standard InChI is InChI=1S/C24H44N2O3/c1-22(2,3)28-11-9-8-10-21(27)26-16-24(17-26)14-19(15-24)25(7)18-12-20(13-18)29-23(4,5)6/h18-20H,8-17H2,1-7H3. The van der Waals surface area contributed by atoms with Crippen LogP contribution in [0.15, 0.2) is 0 Å². The van der Waals surface area contributed by atoms with Gasteiger partial charge in [-0.2, -0.15) is 0 Å². The average molecular weight is 409 g/mol. The topological polar surface area (TPSA) is 42.0 Å². The third kappa shape index (κ3) is 6.18. The summed E-state index contributed by atoms with van der Waals surface area (Å²) in [6.07, 6.45) is 7.86. The van der Waals surface area contributed by atoms with Crippen molar-refractivity contribution in [2.75, 3.05) is 26.7 Å². The van der Waals surface area contributed by atoms with E-state index in [1.54, 1.807) is 0 Å². The minimum atomic E-state index is -0.0816. The highest BCUT2D eigenvalue weighted by Crippen LogP contribution is 2.51. The number of unbranched alkanes of at least 4 members (excludes halogenated alkanes) is 1. The molecule has 3 rings (SSSR count). The molecule has 0 aromatic carbocycles. The molecule has 0 atom stereocenters. The molecule has 1 spiro atoms. The second-order valence-corrected chi connectivity index (χ2v) is 11.9. The van der Waals surface area contributed by atoms with Crippen LogP contribution >= 0.6 is 0 Å². The number of hydrogen-bond acceptors (Lipinski definition) is 4. The maximum Gasteiger partial charge on any atom is 0.222 e. The van der Waals surface area contributed by atoms with E-state index in [9.17, 15) is 4.79 Å². The van der Waals surface area contributed by atoms with Gasteiger partial charge in [0, 0.05) is 43.6 Å². The van der Waals surface area contributed by atoms with Crippen LogP contribution in [0.5, 0.6) is 0 Å². The zero-order valence-corrected chi connectivity index (χ0v) is 19.9. The molecule has 5 heteroatoms. The number of rotatable bonds is 8. The summed E-state index contributed by atoms with van der Waals surface area (Å²) in [6, 6.07) is 1.38. The molecule has 0 aromatic heterocycles. The van der Waals surface area contributed by atoms with Gasteiger partial charge in [-0.05, 0) is 87.1 Å². The Morgan fingerprint density at radius 1 is 1.00 bits per heavy atom. The summed E-state index contributed by atoms with van der Waals surface area (Å²) in [4.78, 5) is 17.1. The van der Waals surface area contributed by atoms with Crippen molar-refractivity contribution < 1.29 is 14.3 Å². The molecule has 1 saturated heterocycles. The maximum atomic E-state index is 12.4. The highest BCUT2D eigenvalue weighted by atomic mass is 16.5. The van der Waals surface area contributed by atoms with Crippen LogP contribution < -0.4 is 0 Å². The molecule has 1 aliphatic heterocycles. The Balaban J connectivity index is 1.26. The predicted octanol–water partition coefficient (Wildman–Crippen LogP) is 4.24. The Kier molecular flexibility index (Phi) is 6.72. The van der Waals surface area contributed by atoms with Gasteiger partial charge < -0.3 is 19.3 Å². The molecule has 0 unspecified atom stereocenters. The Hall–Kier alpha value is -0.650. The largest absolute Gasteiger partial charge is 0.376 e. The lowest BCUT2D eigenvalue weighted by Gasteiger charge is -2.62. The SMILES string of the molecule is CN(C1CC(OC(C)(C)C)C1)C1CC2(C1)CN(C(=O)CCCCOC(C)(C)C)C2. The molecule has 29 heavy (non-hydrogen) atoms. The molecule has 3 aliphatic rings. The van der Waals surface area contributed by atoms with Crippen molar-refractivity contribution >= 4 is 5.91 Å². The molecule has 1 heterocycles.